The van der Waals surface area contributed by atoms with E-state index in [1.165, 1.54) is 34.6 Å². The number of ether oxygens (including phenoxy) is 1. The van der Waals surface area contributed by atoms with E-state index in [0.717, 1.165) is 12.1 Å². The first-order valence-electron chi connectivity index (χ1n) is 8.64. The van der Waals surface area contributed by atoms with Crippen LogP contribution in [0.5, 0.6) is 0 Å². The highest BCUT2D eigenvalue weighted by Gasteiger charge is 2.33. The van der Waals surface area contributed by atoms with Crippen LogP contribution in [0.3, 0.4) is 0 Å². The number of rotatable bonds is 7. The van der Waals surface area contributed by atoms with Crippen molar-refractivity contribution in [1.29, 1.82) is 0 Å². The molecule has 0 saturated carbocycles. The maximum atomic E-state index is 13.0. The zero-order chi connectivity index (χ0) is 21.8. The summed E-state index contributed by atoms with van der Waals surface area (Å²) >= 11 is 6.00. The zero-order valence-electron chi connectivity index (χ0n) is 15.7. The molecule has 0 unspecified atom stereocenters. The Morgan fingerprint density at radius 2 is 1.72 bits per heavy atom. The van der Waals surface area contributed by atoms with Gasteiger partial charge in [0.15, 0.2) is 0 Å². The topological polar surface area (TPSA) is 63.7 Å². The first-order valence-corrected chi connectivity index (χ1v) is 10.5. The molecule has 158 valence electrons. The second-order valence-corrected chi connectivity index (χ2v) is 8.28. The maximum absolute atomic E-state index is 13.0. The van der Waals surface area contributed by atoms with Crippen LogP contribution in [0.1, 0.15) is 35.3 Å². The molecular formula is C19H19ClF3NO4S. The van der Waals surface area contributed by atoms with Crippen molar-refractivity contribution in [2.45, 2.75) is 31.5 Å². The first kappa shape index (κ1) is 23.2. The molecule has 0 aliphatic rings. The van der Waals surface area contributed by atoms with Crippen molar-refractivity contribution in [2.24, 2.45) is 0 Å². The van der Waals surface area contributed by atoms with Crippen LogP contribution in [-0.4, -0.2) is 31.8 Å². The van der Waals surface area contributed by atoms with E-state index in [4.69, 9.17) is 16.3 Å². The number of carbonyl (C=O) groups excluding carboxylic acids is 1. The summed E-state index contributed by atoms with van der Waals surface area (Å²) in [6.07, 6.45) is -4.59. The smallest absolute Gasteiger partial charge is 0.416 e. The number of hydrogen-bond acceptors (Lipinski definition) is 4. The van der Waals surface area contributed by atoms with E-state index in [2.05, 4.69) is 0 Å². The lowest BCUT2D eigenvalue weighted by atomic mass is 10.1. The molecule has 29 heavy (non-hydrogen) atoms. The SMILES string of the molecule is CCN(CC)S(=O)(=O)c1cc(C(=O)OCc2ccccc2C(F)(F)F)ccc1Cl. The van der Waals surface area contributed by atoms with Gasteiger partial charge in [-0.2, -0.15) is 17.5 Å². The van der Waals surface area contributed by atoms with Crippen molar-refractivity contribution in [3.8, 4) is 0 Å². The summed E-state index contributed by atoms with van der Waals surface area (Å²) in [5, 5.41) is -0.0733. The molecule has 0 N–H and O–H groups in total. The van der Waals surface area contributed by atoms with Crippen molar-refractivity contribution in [2.75, 3.05) is 13.1 Å². The zero-order valence-corrected chi connectivity index (χ0v) is 17.2. The Morgan fingerprint density at radius 1 is 1.10 bits per heavy atom. The third-order valence-corrected chi connectivity index (χ3v) is 6.70. The lowest BCUT2D eigenvalue weighted by Crippen LogP contribution is -2.31. The van der Waals surface area contributed by atoms with Gasteiger partial charge in [0.25, 0.3) is 0 Å². The van der Waals surface area contributed by atoms with E-state index in [-0.39, 0.29) is 34.1 Å². The Balaban J connectivity index is 2.28. The molecule has 0 fully saturated rings. The van der Waals surface area contributed by atoms with E-state index in [0.29, 0.717) is 0 Å². The molecule has 0 radical (unpaired) electrons. The van der Waals surface area contributed by atoms with Crippen molar-refractivity contribution in [3.05, 3.63) is 64.2 Å². The highest BCUT2D eigenvalue weighted by molar-refractivity contribution is 7.89. The fraction of sp³-hybridized carbons (Fsp3) is 0.316. The molecule has 2 aromatic carbocycles. The third-order valence-electron chi connectivity index (χ3n) is 4.17. The Morgan fingerprint density at radius 3 is 2.31 bits per heavy atom. The largest absolute Gasteiger partial charge is 0.457 e. The Labute approximate surface area is 172 Å². The molecule has 0 aromatic heterocycles. The monoisotopic (exact) mass is 449 g/mol. The Kier molecular flexibility index (Phi) is 7.31. The number of nitrogens with zero attached hydrogens (tertiary/aromatic N) is 1. The van der Waals surface area contributed by atoms with E-state index in [9.17, 15) is 26.4 Å². The molecule has 0 atom stereocenters. The molecule has 5 nitrogen and oxygen atoms in total. The summed E-state index contributed by atoms with van der Waals surface area (Å²) in [5.41, 5.74) is -1.25. The fourth-order valence-electron chi connectivity index (χ4n) is 2.68. The van der Waals surface area contributed by atoms with Crippen LogP contribution in [0.25, 0.3) is 0 Å². The van der Waals surface area contributed by atoms with Crippen LogP contribution in [0.15, 0.2) is 47.4 Å². The number of halogens is 4. The van der Waals surface area contributed by atoms with E-state index < -0.39 is 34.3 Å². The second kappa shape index (κ2) is 9.15. The first-order chi connectivity index (χ1) is 13.5. The molecule has 0 bridgehead atoms. The number of alkyl halides is 3. The summed E-state index contributed by atoms with van der Waals surface area (Å²) in [6.45, 7) is 3.11. The van der Waals surface area contributed by atoms with Crippen LogP contribution in [0, 0.1) is 0 Å². The molecule has 0 amide bonds. The van der Waals surface area contributed by atoms with Crippen LogP contribution < -0.4 is 0 Å². The van der Waals surface area contributed by atoms with E-state index >= 15 is 0 Å². The molecule has 0 aliphatic heterocycles. The molecule has 0 spiro atoms. The average molecular weight is 450 g/mol. The highest BCUT2D eigenvalue weighted by atomic mass is 35.5. The van der Waals surface area contributed by atoms with Crippen molar-refractivity contribution in [3.63, 3.8) is 0 Å². The summed E-state index contributed by atoms with van der Waals surface area (Å²) in [7, 11) is -3.94. The quantitative estimate of drug-likeness (QED) is 0.572. The van der Waals surface area contributed by atoms with E-state index in [1.807, 2.05) is 0 Å². The predicted octanol–water partition coefficient (Wildman–Crippen LogP) is 4.75. The standard InChI is InChI=1S/C19H19ClF3NO4S/c1-3-24(4-2)29(26,27)17-11-13(9-10-16(17)20)18(25)28-12-14-7-5-6-8-15(14)19(21,22)23/h5-11H,3-4,12H2,1-2H3. The summed E-state index contributed by atoms with van der Waals surface area (Å²) in [6, 6.07) is 8.27. The van der Waals surface area contributed by atoms with Crippen LogP contribution >= 0.6 is 11.6 Å². The average Bonchev–Trinajstić information content (AvgIpc) is 2.66. The minimum absolute atomic E-state index is 0.0733. The predicted molar refractivity (Wildman–Crippen MR) is 102 cm³/mol. The minimum Gasteiger partial charge on any atom is -0.457 e. The lowest BCUT2D eigenvalue weighted by molar-refractivity contribution is -0.138. The van der Waals surface area contributed by atoms with Gasteiger partial charge in [-0.15, -0.1) is 0 Å². The van der Waals surface area contributed by atoms with Crippen LogP contribution in [-0.2, 0) is 27.5 Å². The summed E-state index contributed by atoms with van der Waals surface area (Å²) < 4.78 is 70.6. The number of benzene rings is 2. The van der Waals surface area contributed by atoms with Gasteiger partial charge in [-0.3, -0.25) is 0 Å². The van der Waals surface area contributed by atoms with Gasteiger partial charge < -0.3 is 4.74 Å². The van der Waals surface area contributed by atoms with Gasteiger partial charge in [0, 0.05) is 18.7 Å². The van der Waals surface area contributed by atoms with Crippen LogP contribution in [0.2, 0.25) is 5.02 Å². The summed E-state index contributed by atoms with van der Waals surface area (Å²) in [4.78, 5) is 12.1. The number of carbonyl (C=O) groups is 1. The normalized spacial score (nSPS) is 12.2. The van der Waals surface area contributed by atoms with Gasteiger partial charge in [-0.25, -0.2) is 13.2 Å². The molecular weight excluding hydrogens is 431 g/mol. The van der Waals surface area contributed by atoms with Gasteiger partial charge in [0.1, 0.15) is 11.5 Å². The van der Waals surface area contributed by atoms with Gasteiger partial charge in [0.05, 0.1) is 16.1 Å². The molecule has 2 rings (SSSR count). The van der Waals surface area contributed by atoms with E-state index in [1.54, 1.807) is 13.8 Å². The second-order valence-electron chi connectivity index (χ2n) is 5.97. The van der Waals surface area contributed by atoms with Gasteiger partial charge in [-0.1, -0.05) is 43.6 Å². The Hall–Kier alpha value is -2.10. The molecule has 0 saturated heterocycles. The van der Waals surface area contributed by atoms with Crippen LogP contribution in [0.4, 0.5) is 13.2 Å². The van der Waals surface area contributed by atoms with Gasteiger partial charge in [-0.05, 0) is 24.3 Å². The number of esters is 1. The minimum atomic E-state index is -4.59. The Bertz CT molecular complexity index is 989. The summed E-state index contributed by atoms with van der Waals surface area (Å²) in [5.74, 6) is -0.963. The lowest BCUT2D eigenvalue weighted by Gasteiger charge is -2.19. The van der Waals surface area contributed by atoms with Crippen molar-refractivity contribution >= 4 is 27.6 Å². The maximum Gasteiger partial charge on any atom is 0.416 e. The molecule has 2 aromatic rings. The fourth-order valence-corrected chi connectivity index (χ4v) is 4.64. The van der Waals surface area contributed by atoms with Gasteiger partial charge in [0.2, 0.25) is 10.0 Å². The number of hydrogen-bond donors (Lipinski definition) is 0. The molecule has 10 heteroatoms. The molecule has 0 heterocycles. The molecule has 0 aliphatic carbocycles. The third kappa shape index (κ3) is 5.29. The van der Waals surface area contributed by atoms with Gasteiger partial charge >= 0.3 is 12.1 Å². The highest BCUT2D eigenvalue weighted by Crippen LogP contribution is 2.32. The number of sulfonamides is 1. The van der Waals surface area contributed by atoms with Crippen molar-refractivity contribution in [1.82, 2.24) is 4.31 Å². The van der Waals surface area contributed by atoms with Crippen molar-refractivity contribution < 1.29 is 31.1 Å².